The number of benzene rings is 1. The Morgan fingerprint density at radius 3 is 2.42 bits per heavy atom. The number of carbonyl (C=O) groups excluding carboxylic acids is 1. The van der Waals surface area contributed by atoms with E-state index in [9.17, 15) is 19.2 Å². The summed E-state index contributed by atoms with van der Waals surface area (Å²) in [7, 11) is 0. The number of carboxylic acids is 1. The molecule has 4 rings (SSSR count). The first-order chi connectivity index (χ1) is 17.2. The van der Waals surface area contributed by atoms with E-state index < -0.39 is 41.5 Å². The van der Waals surface area contributed by atoms with Crippen LogP contribution in [0, 0.1) is 5.82 Å². The zero-order valence-corrected chi connectivity index (χ0v) is 20.7. The topological polar surface area (TPSA) is 122 Å². The molecule has 196 valence electrons. The number of anilines is 1. The molecule has 1 heterocycles. The van der Waals surface area contributed by atoms with Gasteiger partial charge in [0.15, 0.2) is 0 Å². The second-order valence-electron chi connectivity index (χ2n) is 10.2. The third kappa shape index (κ3) is 5.79. The molecule has 1 aromatic heterocycles. The summed E-state index contributed by atoms with van der Waals surface area (Å²) >= 11 is 0. The Kier molecular flexibility index (Phi) is 8.11. The van der Waals surface area contributed by atoms with Crippen LogP contribution in [0.4, 0.5) is 10.1 Å². The number of hydrogen-bond donors (Lipinski definition) is 3. The molecular formula is C26H35FN4O5. The van der Waals surface area contributed by atoms with Gasteiger partial charge in [-0.1, -0.05) is 32.1 Å². The highest BCUT2D eigenvalue weighted by atomic mass is 19.1. The quantitative estimate of drug-likeness (QED) is 0.482. The molecule has 1 atom stereocenters. The first-order valence-electron chi connectivity index (χ1n) is 13.0. The number of carbonyl (C=O) groups is 2. The molecule has 9 nitrogen and oxygen atoms in total. The minimum atomic E-state index is -0.972. The van der Waals surface area contributed by atoms with Gasteiger partial charge in [0.05, 0.1) is 16.6 Å². The normalized spacial score (nSPS) is 17.8. The molecule has 3 N–H and O–H groups in total. The third-order valence-corrected chi connectivity index (χ3v) is 7.41. The van der Waals surface area contributed by atoms with Crippen molar-refractivity contribution in [1.82, 2.24) is 14.5 Å². The molecule has 1 amide bonds. The molecule has 0 saturated heterocycles. The number of aliphatic carboxylic acids is 1. The van der Waals surface area contributed by atoms with Gasteiger partial charge in [0, 0.05) is 24.5 Å². The van der Waals surface area contributed by atoms with Crippen molar-refractivity contribution in [2.24, 2.45) is 0 Å². The maximum absolute atomic E-state index is 15.2. The lowest BCUT2D eigenvalue weighted by Crippen LogP contribution is -2.46. The Labute approximate surface area is 208 Å². The molecule has 0 spiro atoms. The zero-order valence-electron chi connectivity index (χ0n) is 20.7. The fourth-order valence-electron chi connectivity index (χ4n) is 5.51. The second-order valence-corrected chi connectivity index (χ2v) is 10.2. The number of carboxylic acid groups (broad SMARTS) is 1. The minimum absolute atomic E-state index is 0.0694. The van der Waals surface area contributed by atoms with E-state index in [1.165, 1.54) is 12.5 Å². The van der Waals surface area contributed by atoms with Gasteiger partial charge in [0.25, 0.3) is 5.56 Å². The highest BCUT2D eigenvalue weighted by Gasteiger charge is 2.26. The average molecular weight is 503 g/mol. The molecule has 2 aromatic rings. The fourth-order valence-corrected chi connectivity index (χ4v) is 5.51. The lowest BCUT2D eigenvalue weighted by Gasteiger charge is -2.25. The Hall–Kier alpha value is -3.17. The van der Waals surface area contributed by atoms with Crippen molar-refractivity contribution in [2.75, 3.05) is 5.32 Å². The van der Waals surface area contributed by atoms with Gasteiger partial charge in [-0.3, -0.25) is 23.5 Å². The molecule has 1 aromatic carbocycles. The van der Waals surface area contributed by atoms with Gasteiger partial charge in [-0.2, -0.15) is 0 Å². The van der Waals surface area contributed by atoms with Crippen LogP contribution in [-0.2, 0) is 16.1 Å². The van der Waals surface area contributed by atoms with Crippen LogP contribution in [0.5, 0.6) is 0 Å². The Bertz CT molecular complexity index is 1240. The lowest BCUT2D eigenvalue weighted by atomic mass is 9.95. The van der Waals surface area contributed by atoms with Gasteiger partial charge < -0.3 is 15.7 Å². The summed E-state index contributed by atoms with van der Waals surface area (Å²) in [5.74, 6) is -2.10. The zero-order chi connectivity index (χ0) is 25.8. The molecule has 0 aliphatic heterocycles. The molecule has 2 aliphatic carbocycles. The summed E-state index contributed by atoms with van der Waals surface area (Å²) in [5, 5.41) is 14.8. The number of fused-ring (bicyclic) bond motifs is 1. The largest absolute Gasteiger partial charge is 0.481 e. The molecule has 0 bridgehead atoms. The molecule has 0 unspecified atom stereocenters. The SMILES string of the molecule is C[C@@H](CCC(=O)O)NC(=O)Cn1c(=O)c2cc(F)c(NC3CCCCC3)cc2n(C2CCCC2)c1=O. The lowest BCUT2D eigenvalue weighted by molar-refractivity contribution is -0.137. The van der Waals surface area contributed by atoms with E-state index in [0.29, 0.717) is 11.2 Å². The second kappa shape index (κ2) is 11.3. The van der Waals surface area contributed by atoms with Gasteiger partial charge in [-0.15, -0.1) is 0 Å². The van der Waals surface area contributed by atoms with Gasteiger partial charge in [0.2, 0.25) is 5.91 Å². The van der Waals surface area contributed by atoms with E-state index in [1.807, 2.05) is 0 Å². The first-order valence-corrected chi connectivity index (χ1v) is 13.0. The van der Waals surface area contributed by atoms with E-state index in [4.69, 9.17) is 5.11 Å². The van der Waals surface area contributed by atoms with Gasteiger partial charge >= 0.3 is 11.7 Å². The molecule has 36 heavy (non-hydrogen) atoms. The number of amides is 1. The predicted octanol–water partition coefficient (Wildman–Crippen LogP) is 3.53. The van der Waals surface area contributed by atoms with E-state index in [1.54, 1.807) is 17.6 Å². The maximum atomic E-state index is 15.2. The molecule has 2 fully saturated rings. The van der Waals surface area contributed by atoms with Crippen molar-refractivity contribution >= 4 is 28.5 Å². The van der Waals surface area contributed by atoms with Gasteiger partial charge in [-0.05, 0) is 51.2 Å². The Morgan fingerprint density at radius 2 is 1.75 bits per heavy atom. The van der Waals surface area contributed by atoms with Crippen LogP contribution in [0.15, 0.2) is 21.7 Å². The molecule has 2 saturated carbocycles. The van der Waals surface area contributed by atoms with E-state index in [2.05, 4.69) is 10.6 Å². The summed E-state index contributed by atoms with van der Waals surface area (Å²) in [4.78, 5) is 50.3. The molecule has 2 aliphatic rings. The summed E-state index contributed by atoms with van der Waals surface area (Å²) in [5.41, 5.74) is -0.602. The van der Waals surface area contributed by atoms with E-state index >= 15 is 4.39 Å². The molecule has 0 radical (unpaired) electrons. The Balaban J connectivity index is 1.71. The minimum Gasteiger partial charge on any atom is -0.481 e. The van der Waals surface area contributed by atoms with Crippen molar-refractivity contribution in [3.05, 3.63) is 38.8 Å². The standard InChI is InChI=1S/C26H35FN4O5/c1-16(11-12-24(33)34)28-23(32)15-30-25(35)19-13-20(27)21(29-17-7-3-2-4-8-17)14-22(19)31(26(30)36)18-9-5-6-10-18/h13-14,16-18,29H,2-12,15H2,1H3,(H,28,32)(H,33,34)/t16-/m0/s1. The van der Waals surface area contributed by atoms with Crippen LogP contribution in [-0.4, -0.2) is 38.2 Å². The van der Waals surface area contributed by atoms with Crippen molar-refractivity contribution < 1.29 is 19.1 Å². The van der Waals surface area contributed by atoms with Crippen molar-refractivity contribution in [3.63, 3.8) is 0 Å². The summed E-state index contributed by atoms with van der Waals surface area (Å²) in [6.45, 7) is 1.15. The predicted molar refractivity (Wildman–Crippen MR) is 135 cm³/mol. The van der Waals surface area contributed by atoms with E-state index in [-0.39, 0.29) is 30.3 Å². The number of aromatic nitrogens is 2. The average Bonchev–Trinajstić information content (AvgIpc) is 3.37. The maximum Gasteiger partial charge on any atom is 0.332 e. The monoisotopic (exact) mass is 502 g/mol. The molecule has 10 heteroatoms. The van der Waals surface area contributed by atoms with Crippen LogP contribution >= 0.6 is 0 Å². The van der Waals surface area contributed by atoms with Crippen LogP contribution < -0.4 is 21.9 Å². The van der Waals surface area contributed by atoms with Crippen LogP contribution in [0.2, 0.25) is 0 Å². The number of halogens is 1. The first kappa shape index (κ1) is 25.9. The Morgan fingerprint density at radius 1 is 1.08 bits per heavy atom. The highest BCUT2D eigenvalue weighted by molar-refractivity contribution is 5.83. The van der Waals surface area contributed by atoms with Crippen LogP contribution in [0.1, 0.15) is 83.6 Å². The smallest absolute Gasteiger partial charge is 0.332 e. The fraction of sp³-hybridized carbons (Fsp3) is 0.615. The number of rotatable bonds is 9. The van der Waals surface area contributed by atoms with Gasteiger partial charge in [-0.25, -0.2) is 9.18 Å². The van der Waals surface area contributed by atoms with Gasteiger partial charge in [0.1, 0.15) is 12.4 Å². The van der Waals surface area contributed by atoms with Crippen LogP contribution in [0.3, 0.4) is 0 Å². The summed E-state index contributed by atoms with van der Waals surface area (Å²) < 4.78 is 17.6. The number of hydrogen-bond acceptors (Lipinski definition) is 5. The number of nitrogens with one attached hydrogen (secondary N) is 2. The summed E-state index contributed by atoms with van der Waals surface area (Å²) in [6, 6.07) is 2.35. The van der Waals surface area contributed by atoms with Crippen molar-refractivity contribution in [2.45, 2.75) is 102 Å². The summed E-state index contributed by atoms with van der Waals surface area (Å²) in [6.07, 6.45) is 8.81. The van der Waals surface area contributed by atoms with Crippen molar-refractivity contribution in [3.8, 4) is 0 Å². The van der Waals surface area contributed by atoms with E-state index in [0.717, 1.165) is 55.9 Å². The number of nitrogens with zero attached hydrogens (tertiary/aromatic N) is 2. The van der Waals surface area contributed by atoms with Crippen LogP contribution in [0.25, 0.3) is 10.9 Å². The third-order valence-electron chi connectivity index (χ3n) is 7.41. The highest BCUT2D eigenvalue weighted by Crippen LogP contribution is 2.32. The van der Waals surface area contributed by atoms with Crippen molar-refractivity contribution in [1.29, 1.82) is 0 Å². The molecular weight excluding hydrogens is 467 g/mol.